The molecule has 0 spiro atoms. The zero-order valence-electron chi connectivity index (χ0n) is 14.9. The van der Waals surface area contributed by atoms with Gasteiger partial charge in [0.15, 0.2) is 0 Å². The molecule has 0 fully saturated rings. The van der Waals surface area contributed by atoms with Gasteiger partial charge in [-0.15, -0.1) is 0 Å². The SMILES string of the molecule is CC(C)[Si](O[C@H](C)CCCCCCO)(C(C)C)C(C)C. The Bertz CT molecular complexity index is 217. The van der Waals surface area contributed by atoms with Crippen molar-refractivity contribution in [2.24, 2.45) is 0 Å². The maximum atomic E-state index is 8.79. The molecule has 0 amide bonds. The van der Waals surface area contributed by atoms with Crippen LogP contribution in [-0.2, 0) is 4.43 Å². The van der Waals surface area contributed by atoms with Crippen molar-refractivity contribution in [3.63, 3.8) is 0 Å². The van der Waals surface area contributed by atoms with Gasteiger partial charge < -0.3 is 9.53 Å². The molecule has 0 unspecified atom stereocenters. The first-order valence-corrected chi connectivity index (χ1v) is 10.7. The van der Waals surface area contributed by atoms with E-state index in [1.807, 2.05) is 0 Å². The van der Waals surface area contributed by atoms with E-state index in [0.717, 1.165) is 19.3 Å². The molecule has 0 radical (unpaired) electrons. The zero-order valence-corrected chi connectivity index (χ0v) is 15.9. The highest BCUT2D eigenvalue weighted by Crippen LogP contribution is 2.43. The molecule has 0 heterocycles. The van der Waals surface area contributed by atoms with Crippen LogP contribution in [0.5, 0.6) is 0 Å². The van der Waals surface area contributed by atoms with Crippen LogP contribution in [0.2, 0.25) is 16.6 Å². The summed E-state index contributed by atoms with van der Waals surface area (Å²) in [4.78, 5) is 0. The largest absolute Gasteiger partial charge is 0.413 e. The van der Waals surface area contributed by atoms with Crippen molar-refractivity contribution in [3.05, 3.63) is 0 Å². The molecule has 0 aliphatic carbocycles. The minimum Gasteiger partial charge on any atom is -0.413 e. The van der Waals surface area contributed by atoms with Crippen LogP contribution >= 0.6 is 0 Å². The van der Waals surface area contributed by atoms with Gasteiger partial charge in [-0.2, -0.15) is 0 Å². The smallest absolute Gasteiger partial charge is 0.200 e. The van der Waals surface area contributed by atoms with Crippen molar-refractivity contribution < 1.29 is 9.53 Å². The van der Waals surface area contributed by atoms with Crippen molar-refractivity contribution >= 4 is 8.32 Å². The number of unbranched alkanes of at least 4 members (excludes halogenated alkanes) is 3. The van der Waals surface area contributed by atoms with E-state index in [1.165, 1.54) is 12.8 Å². The topological polar surface area (TPSA) is 29.5 Å². The van der Waals surface area contributed by atoms with Crippen LogP contribution in [0.3, 0.4) is 0 Å². The summed E-state index contributed by atoms with van der Waals surface area (Å²) in [6, 6.07) is 0. The quantitative estimate of drug-likeness (QED) is 0.403. The van der Waals surface area contributed by atoms with E-state index in [1.54, 1.807) is 0 Å². The summed E-state index contributed by atoms with van der Waals surface area (Å²) in [6.45, 7) is 16.7. The van der Waals surface area contributed by atoms with E-state index < -0.39 is 8.32 Å². The fourth-order valence-corrected chi connectivity index (χ4v) is 9.34. The number of hydrogen-bond acceptors (Lipinski definition) is 2. The summed E-state index contributed by atoms with van der Waals surface area (Å²) >= 11 is 0. The number of rotatable bonds is 11. The third kappa shape index (κ3) is 5.86. The van der Waals surface area contributed by atoms with Gasteiger partial charge in [0.1, 0.15) is 0 Å². The zero-order chi connectivity index (χ0) is 15.8. The first kappa shape index (κ1) is 20.1. The summed E-state index contributed by atoms with van der Waals surface area (Å²) < 4.78 is 6.72. The second-order valence-electron chi connectivity index (χ2n) is 7.17. The number of aliphatic hydroxyl groups excluding tert-OH is 1. The molecule has 0 bridgehead atoms. The molecule has 0 aliphatic heterocycles. The molecule has 0 rings (SSSR count). The van der Waals surface area contributed by atoms with Gasteiger partial charge in [0.2, 0.25) is 8.32 Å². The standard InChI is InChI=1S/C17H38O2Si/c1-14(2)20(15(3)4,16(5)6)19-17(7)12-10-8-9-11-13-18/h14-18H,8-13H2,1-7H3/t17-/m1/s1. The molecular formula is C17H38O2Si. The third-order valence-corrected chi connectivity index (χ3v) is 10.9. The van der Waals surface area contributed by atoms with Gasteiger partial charge in [0.05, 0.1) is 0 Å². The van der Waals surface area contributed by atoms with E-state index in [4.69, 9.17) is 9.53 Å². The maximum absolute atomic E-state index is 8.79. The minimum atomic E-state index is -1.71. The van der Waals surface area contributed by atoms with Crippen LogP contribution in [0.25, 0.3) is 0 Å². The fraction of sp³-hybridized carbons (Fsp3) is 1.00. The summed E-state index contributed by atoms with van der Waals surface area (Å²) in [7, 11) is -1.71. The average Bonchev–Trinajstić information content (AvgIpc) is 2.34. The summed E-state index contributed by atoms with van der Waals surface area (Å²) in [5.41, 5.74) is 2.00. The van der Waals surface area contributed by atoms with Gasteiger partial charge in [-0.3, -0.25) is 0 Å². The van der Waals surface area contributed by atoms with E-state index in [9.17, 15) is 0 Å². The van der Waals surface area contributed by atoms with Crippen molar-refractivity contribution in [2.75, 3.05) is 6.61 Å². The van der Waals surface area contributed by atoms with Crippen LogP contribution in [0.1, 0.15) is 80.6 Å². The average molecular weight is 303 g/mol. The van der Waals surface area contributed by atoms with Crippen LogP contribution in [0.15, 0.2) is 0 Å². The second-order valence-corrected chi connectivity index (χ2v) is 12.6. The third-order valence-electron chi connectivity index (χ3n) is 4.63. The lowest BCUT2D eigenvalue weighted by molar-refractivity contribution is 0.177. The van der Waals surface area contributed by atoms with Crippen LogP contribution in [0, 0.1) is 0 Å². The lowest BCUT2D eigenvalue weighted by Crippen LogP contribution is -2.49. The predicted molar refractivity (Wildman–Crippen MR) is 91.8 cm³/mol. The molecule has 20 heavy (non-hydrogen) atoms. The first-order valence-electron chi connectivity index (χ1n) is 8.57. The Morgan fingerprint density at radius 2 is 1.20 bits per heavy atom. The van der Waals surface area contributed by atoms with Crippen LogP contribution < -0.4 is 0 Å². The van der Waals surface area contributed by atoms with Crippen LogP contribution in [0.4, 0.5) is 0 Å². The van der Waals surface area contributed by atoms with Crippen molar-refractivity contribution in [3.8, 4) is 0 Å². The molecule has 0 aromatic rings. The number of hydrogen-bond donors (Lipinski definition) is 1. The maximum Gasteiger partial charge on any atom is 0.200 e. The van der Waals surface area contributed by atoms with Gasteiger partial charge in [-0.1, -0.05) is 60.8 Å². The Hall–Kier alpha value is 0.137. The Morgan fingerprint density at radius 3 is 1.60 bits per heavy atom. The first-order chi connectivity index (χ1) is 9.28. The van der Waals surface area contributed by atoms with Gasteiger partial charge in [-0.25, -0.2) is 0 Å². The van der Waals surface area contributed by atoms with E-state index in [0.29, 0.717) is 29.3 Å². The van der Waals surface area contributed by atoms with Crippen molar-refractivity contribution in [2.45, 2.75) is 103 Å². The Balaban J connectivity index is 4.44. The van der Waals surface area contributed by atoms with E-state index >= 15 is 0 Å². The fourth-order valence-electron chi connectivity index (χ4n) is 3.71. The molecule has 0 aliphatic rings. The van der Waals surface area contributed by atoms with E-state index in [-0.39, 0.29) is 0 Å². The molecule has 0 saturated heterocycles. The van der Waals surface area contributed by atoms with Crippen molar-refractivity contribution in [1.29, 1.82) is 0 Å². The van der Waals surface area contributed by atoms with Crippen molar-refractivity contribution in [1.82, 2.24) is 0 Å². The van der Waals surface area contributed by atoms with Gasteiger partial charge in [0.25, 0.3) is 0 Å². The summed E-state index contributed by atoms with van der Waals surface area (Å²) in [5.74, 6) is 0. The number of aliphatic hydroxyl groups is 1. The lowest BCUT2D eigenvalue weighted by atomic mass is 10.1. The van der Waals surface area contributed by atoms with Gasteiger partial charge >= 0.3 is 0 Å². The highest BCUT2D eigenvalue weighted by Gasteiger charge is 2.45. The summed E-state index contributed by atoms with van der Waals surface area (Å²) in [5, 5.41) is 8.79. The Kier molecular flexibility index (Phi) is 10.0. The molecule has 0 saturated carbocycles. The highest BCUT2D eigenvalue weighted by molar-refractivity contribution is 6.77. The second kappa shape index (κ2) is 9.96. The lowest BCUT2D eigenvalue weighted by Gasteiger charge is -2.44. The molecule has 2 nitrogen and oxygen atoms in total. The predicted octanol–water partition coefficient (Wildman–Crippen LogP) is 5.51. The molecule has 0 aromatic heterocycles. The Morgan fingerprint density at radius 1 is 0.750 bits per heavy atom. The minimum absolute atomic E-state index is 0.329. The molecule has 122 valence electrons. The Labute approximate surface area is 128 Å². The molecule has 3 heteroatoms. The van der Waals surface area contributed by atoms with Gasteiger partial charge in [0, 0.05) is 12.7 Å². The van der Waals surface area contributed by atoms with E-state index in [2.05, 4.69) is 48.5 Å². The monoisotopic (exact) mass is 302 g/mol. The van der Waals surface area contributed by atoms with Gasteiger partial charge in [-0.05, 0) is 36.4 Å². The summed E-state index contributed by atoms with van der Waals surface area (Å²) in [6.07, 6.45) is 6.06. The normalized spacial score (nSPS) is 14.6. The highest BCUT2D eigenvalue weighted by atomic mass is 28.4. The molecular weight excluding hydrogens is 264 g/mol. The molecule has 0 aromatic carbocycles. The van der Waals surface area contributed by atoms with Crippen LogP contribution in [-0.4, -0.2) is 26.1 Å². The molecule has 1 atom stereocenters. The molecule has 1 N–H and O–H groups in total.